The first-order valence-electron chi connectivity index (χ1n) is 11.5. The molecule has 2 aliphatic heterocycles. The van der Waals surface area contributed by atoms with Gasteiger partial charge in [0.15, 0.2) is 6.61 Å². The van der Waals surface area contributed by atoms with Crippen molar-refractivity contribution < 1.29 is 27.5 Å². The quantitative estimate of drug-likeness (QED) is 0.633. The third kappa shape index (κ3) is 4.68. The van der Waals surface area contributed by atoms with Crippen LogP contribution in [0.4, 0.5) is 11.4 Å². The van der Waals surface area contributed by atoms with Gasteiger partial charge in [-0.15, -0.1) is 0 Å². The summed E-state index contributed by atoms with van der Waals surface area (Å²) in [4.78, 5) is 40.0. The Kier molecular flexibility index (Phi) is 6.70. The Morgan fingerprint density at radius 1 is 1.06 bits per heavy atom. The number of benzene rings is 2. The van der Waals surface area contributed by atoms with Gasteiger partial charge in [-0.25, -0.2) is 13.2 Å². The van der Waals surface area contributed by atoms with Gasteiger partial charge < -0.3 is 10.1 Å². The third-order valence-corrected chi connectivity index (χ3v) is 8.36. The van der Waals surface area contributed by atoms with Crippen LogP contribution in [0.15, 0.2) is 47.4 Å². The molecule has 4 rings (SSSR count). The lowest BCUT2D eigenvalue weighted by Gasteiger charge is -2.41. The van der Waals surface area contributed by atoms with Crippen LogP contribution in [0.1, 0.15) is 49.0 Å². The van der Waals surface area contributed by atoms with E-state index in [-0.39, 0.29) is 16.4 Å². The lowest BCUT2D eigenvalue weighted by molar-refractivity contribution is -0.128. The predicted octanol–water partition coefficient (Wildman–Crippen LogP) is 3.09. The van der Waals surface area contributed by atoms with Crippen LogP contribution in [0.2, 0.25) is 0 Å². The zero-order chi connectivity index (χ0) is 25.4. The van der Waals surface area contributed by atoms with Crippen molar-refractivity contribution in [3.05, 3.63) is 53.6 Å². The van der Waals surface area contributed by atoms with E-state index in [9.17, 15) is 22.8 Å². The Morgan fingerprint density at radius 3 is 2.46 bits per heavy atom. The standard InChI is InChI=1S/C25H29N3O6S/c1-17-11-12-18(35(32,33)27-13-7-4-8-14-27)15-19(17)23(30)34-16-22(29)28-21-10-6-5-9-20(21)26-24(31)25(28,2)3/h5-6,9-12,15H,4,7-8,13-14,16H2,1-3H3,(H,26,31). The molecule has 1 fully saturated rings. The molecule has 186 valence electrons. The molecule has 2 amide bonds. The summed E-state index contributed by atoms with van der Waals surface area (Å²) in [7, 11) is -3.73. The maximum atomic E-state index is 13.1. The van der Waals surface area contributed by atoms with Crippen LogP contribution in [0.25, 0.3) is 0 Å². The first-order valence-corrected chi connectivity index (χ1v) is 13.0. The van der Waals surface area contributed by atoms with E-state index < -0.39 is 34.0 Å². The summed E-state index contributed by atoms with van der Waals surface area (Å²) in [5, 5.41) is 2.78. The predicted molar refractivity (Wildman–Crippen MR) is 131 cm³/mol. The number of esters is 1. The molecule has 0 spiro atoms. The normalized spacial score (nSPS) is 17.9. The van der Waals surface area contributed by atoms with Crippen LogP contribution in [0.3, 0.4) is 0 Å². The highest BCUT2D eigenvalue weighted by Gasteiger charge is 2.43. The fourth-order valence-corrected chi connectivity index (χ4v) is 5.95. The second kappa shape index (κ2) is 9.43. The first-order chi connectivity index (χ1) is 16.5. The van der Waals surface area contributed by atoms with Gasteiger partial charge >= 0.3 is 5.97 Å². The molecule has 0 radical (unpaired) electrons. The number of amides is 2. The van der Waals surface area contributed by atoms with Crippen molar-refractivity contribution in [1.29, 1.82) is 0 Å². The van der Waals surface area contributed by atoms with Gasteiger partial charge in [0.05, 0.1) is 21.8 Å². The number of rotatable bonds is 5. The highest BCUT2D eigenvalue weighted by molar-refractivity contribution is 7.89. The number of hydrogen-bond acceptors (Lipinski definition) is 6. The van der Waals surface area contributed by atoms with Crippen LogP contribution >= 0.6 is 0 Å². The molecule has 0 saturated carbocycles. The Labute approximate surface area is 205 Å². The van der Waals surface area contributed by atoms with Crippen molar-refractivity contribution >= 4 is 39.2 Å². The minimum atomic E-state index is -3.73. The van der Waals surface area contributed by atoms with E-state index in [1.807, 2.05) is 0 Å². The zero-order valence-electron chi connectivity index (χ0n) is 20.0. The van der Waals surface area contributed by atoms with Gasteiger partial charge in [0.25, 0.3) is 5.91 Å². The molecule has 2 heterocycles. The van der Waals surface area contributed by atoms with Crippen molar-refractivity contribution in [3.8, 4) is 0 Å². The molecule has 2 aromatic carbocycles. The van der Waals surface area contributed by atoms with E-state index in [1.165, 1.54) is 21.3 Å². The van der Waals surface area contributed by atoms with E-state index in [0.717, 1.165) is 19.3 Å². The molecule has 0 aliphatic carbocycles. The Hall–Kier alpha value is -3.24. The molecule has 2 aromatic rings. The van der Waals surface area contributed by atoms with E-state index in [2.05, 4.69) is 5.32 Å². The SMILES string of the molecule is Cc1ccc(S(=O)(=O)N2CCCCC2)cc1C(=O)OCC(=O)N1c2ccccc2NC(=O)C1(C)C. The molecule has 0 atom stereocenters. The Balaban J connectivity index is 1.53. The molecule has 2 aliphatic rings. The first kappa shape index (κ1) is 24.9. The van der Waals surface area contributed by atoms with E-state index in [4.69, 9.17) is 4.74 Å². The monoisotopic (exact) mass is 499 g/mol. The van der Waals surface area contributed by atoms with Gasteiger partial charge in [-0.3, -0.25) is 14.5 Å². The molecule has 0 unspecified atom stereocenters. The summed E-state index contributed by atoms with van der Waals surface area (Å²) in [6, 6.07) is 11.2. The van der Waals surface area contributed by atoms with Crippen molar-refractivity contribution in [1.82, 2.24) is 4.31 Å². The number of aryl methyl sites for hydroxylation is 1. The molecule has 0 bridgehead atoms. The summed E-state index contributed by atoms with van der Waals surface area (Å²) < 4.78 is 32.8. The number of fused-ring (bicyclic) bond motifs is 1. The van der Waals surface area contributed by atoms with Gasteiger partial charge in [0.2, 0.25) is 15.9 Å². The average molecular weight is 500 g/mol. The van der Waals surface area contributed by atoms with Gasteiger partial charge in [-0.2, -0.15) is 4.31 Å². The topological polar surface area (TPSA) is 113 Å². The summed E-state index contributed by atoms with van der Waals surface area (Å²) >= 11 is 0. The summed E-state index contributed by atoms with van der Waals surface area (Å²) in [6.45, 7) is 5.18. The third-order valence-electron chi connectivity index (χ3n) is 6.47. The molecular weight excluding hydrogens is 470 g/mol. The molecule has 0 aromatic heterocycles. The second-order valence-electron chi connectivity index (χ2n) is 9.28. The molecule has 1 N–H and O–H groups in total. The van der Waals surface area contributed by atoms with Gasteiger partial charge in [-0.05, 0) is 63.4 Å². The molecule has 35 heavy (non-hydrogen) atoms. The number of sulfonamides is 1. The van der Waals surface area contributed by atoms with Crippen LogP contribution in [-0.4, -0.2) is 55.7 Å². The molecular formula is C25H29N3O6S. The second-order valence-corrected chi connectivity index (χ2v) is 11.2. The van der Waals surface area contributed by atoms with Gasteiger partial charge in [0.1, 0.15) is 5.54 Å². The fraction of sp³-hybridized carbons (Fsp3) is 0.400. The summed E-state index contributed by atoms with van der Waals surface area (Å²) in [5.74, 6) is -1.73. The van der Waals surface area contributed by atoms with Crippen molar-refractivity contribution in [2.24, 2.45) is 0 Å². The number of para-hydroxylation sites is 2. The van der Waals surface area contributed by atoms with Crippen LogP contribution in [0.5, 0.6) is 0 Å². The van der Waals surface area contributed by atoms with Crippen LogP contribution in [0, 0.1) is 6.92 Å². The largest absolute Gasteiger partial charge is 0.452 e. The number of nitrogens with one attached hydrogen (secondary N) is 1. The fourth-order valence-electron chi connectivity index (χ4n) is 4.40. The molecule has 1 saturated heterocycles. The number of carbonyl (C=O) groups excluding carboxylic acids is 3. The minimum absolute atomic E-state index is 0.0195. The highest BCUT2D eigenvalue weighted by atomic mass is 32.2. The summed E-state index contributed by atoms with van der Waals surface area (Å²) in [6.07, 6.45) is 2.59. The molecule has 10 heteroatoms. The number of piperidine rings is 1. The van der Waals surface area contributed by atoms with Gasteiger partial charge in [0, 0.05) is 13.1 Å². The molecule has 9 nitrogen and oxygen atoms in total. The van der Waals surface area contributed by atoms with Crippen molar-refractivity contribution in [2.45, 2.75) is 50.5 Å². The van der Waals surface area contributed by atoms with Gasteiger partial charge in [-0.1, -0.05) is 24.6 Å². The zero-order valence-corrected chi connectivity index (χ0v) is 20.9. The number of carbonyl (C=O) groups is 3. The van der Waals surface area contributed by atoms with E-state index in [1.54, 1.807) is 51.1 Å². The number of anilines is 2. The van der Waals surface area contributed by atoms with Crippen molar-refractivity contribution in [2.75, 3.05) is 29.9 Å². The lowest BCUT2D eigenvalue weighted by Crippen LogP contribution is -2.59. The smallest absolute Gasteiger partial charge is 0.338 e. The Bertz CT molecular complexity index is 1280. The maximum Gasteiger partial charge on any atom is 0.338 e. The number of hydrogen-bond donors (Lipinski definition) is 1. The number of nitrogens with zero attached hydrogens (tertiary/aromatic N) is 2. The van der Waals surface area contributed by atoms with E-state index in [0.29, 0.717) is 30.0 Å². The van der Waals surface area contributed by atoms with Crippen molar-refractivity contribution in [3.63, 3.8) is 0 Å². The van der Waals surface area contributed by atoms with E-state index >= 15 is 0 Å². The average Bonchev–Trinajstić information content (AvgIpc) is 2.83. The minimum Gasteiger partial charge on any atom is -0.452 e. The Morgan fingerprint density at radius 2 is 1.74 bits per heavy atom. The summed E-state index contributed by atoms with van der Waals surface area (Å²) in [5.41, 5.74) is 0.401. The lowest BCUT2D eigenvalue weighted by atomic mass is 9.96. The van der Waals surface area contributed by atoms with Crippen LogP contribution < -0.4 is 10.2 Å². The van der Waals surface area contributed by atoms with Crippen LogP contribution in [-0.2, 0) is 24.3 Å². The highest BCUT2D eigenvalue weighted by Crippen LogP contribution is 2.36. The number of ether oxygens (including phenoxy) is 1. The maximum absolute atomic E-state index is 13.1.